The Morgan fingerprint density at radius 1 is 1.41 bits per heavy atom. The summed E-state index contributed by atoms with van der Waals surface area (Å²) in [6, 6.07) is 7.59. The highest BCUT2D eigenvalue weighted by molar-refractivity contribution is 5.91. The first-order chi connectivity index (χ1) is 10.6. The first kappa shape index (κ1) is 14.6. The molecule has 5 heteroatoms. The third-order valence-corrected chi connectivity index (χ3v) is 3.94. The Kier molecular flexibility index (Phi) is 4.13. The number of aryl methyl sites for hydroxylation is 2. The minimum atomic E-state index is -0.238. The molecule has 0 unspecified atom stereocenters. The lowest BCUT2D eigenvalue weighted by Crippen LogP contribution is -2.21. The van der Waals surface area contributed by atoms with E-state index in [4.69, 9.17) is 9.26 Å². The number of fused-ring (bicyclic) bond motifs is 1. The molecule has 0 saturated heterocycles. The van der Waals surface area contributed by atoms with Crippen LogP contribution in [-0.4, -0.2) is 17.7 Å². The predicted molar refractivity (Wildman–Crippen MR) is 83.0 cm³/mol. The van der Waals surface area contributed by atoms with Crippen LogP contribution in [0.1, 0.15) is 30.2 Å². The van der Waals surface area contributed by atoms with Crippen molar-refractivity contribution >= 4 is 11.8 Å². The van der Waals surface area contributed by atoms with Crippen molar-refractivity contribution in [1.82, 2.24) is 5.16 Å². The van der Waals surface area contributed by atoms with Crippen molar-refractivity contribution in [2.75, 3.05) is 11.9 Å². The lowest BCUT2D eigenvalue weighted by Gasteiger charge is -2.16. The molecule has 3 rings (SSSR count). The Balaban J connectivity index is 1.58. The number of amides is 1. The van der Waals surface area contributed by atoms with Crippen LogP contribution in [0.5, 0.6) is 5.75 Å². The van der Waals surface area contributed by atoms with Gasteiger partial charge >= 0.3 is 0 Å². The van der Waals surface area contributed by atoms with Gasteiger partial charge in [-0.1, -0.05) is 29.8 Å². The van der Waals surface area contributed by atoms with Crippen LogP contribution in [0.15, 0.2) is 28.8 Å². The van der Waals surface area contributed by atoms with Crippen LogP contribution >= 0.6 is 0 Å². The molecule has 1 aliphatic carbocycles. The van der Waals surface area contributed by atoms with Gasteiger partial charge in [-0.3, -0.25) is 10.1 Å². The number of benzene rings is 1. The summed E-state index contributed by atoms with van der Waals surface area (Å²) >= 11 is 0. The second-order valence-electron chi connectivity index (χ2n) is 5.93. The molecule has 22 heavy (non-hydrogen) atoms. The lowest BCUT2D eigenvalue weighted by atomic mass is 9.89. The number of nitrogens with zero attached hydrogens (tertiary/aromatic N) is 1. The van der Waals surface area contributed by atoms with Crippen molar-refractivity contribution in [2.45, 2.75) is 33.1 Å². The standard InChI is InChI=1S/C17H20N2O3/c1-11-3-6-13(7-4-11)21-10-16(20)18-17-14-9-12(2)5-8-15(14)19-22-17/h3-4,6-7,12H,5,8-10H2,1-2H3,(H,18,20)/t12-/m1/s1. The van der Waals surface area contributed by atoms with Crippen molar-refractivity contribution in [3.63, 3.8) is 0 Å². The number of carbonyl (C=O) groups excluding carboxylic acids is 1. The molecule has 116 valence electrons. The Labute approximate surface area is 129 Å². The van der Waals surface area contributed by atoms with E-state index in [1.54, 1.807) is 0 Å². The normalized spacial score (nSPS) is 16.9. The number of carbonyl (C=O) groups is 1. The number of hydrogen-bond acceptors (Lipinski definition) is 4. The molecule has 5 nitrogen and oxygen atoms in total. The Bertz CT molecular complexity index is 661. The Morgan fingerprint density at radius 3 is 2.95 bits per heavy atom. The monoisotopic (exact) mass is 300 g/mol. The number of ether oxygens (including phenoxy) is 1. The van der Waals surface area contributed by atoms with Gasteiger partial charge in [-0.15, -0.1) is 0 Å². The van der Waals surface area contributed by atoms with Crippen LogP contribution in [0, 0.1) is 12.8 Å². The van der Waals surface area contributed by atoms with Crippen molar-refractivity contribution < 1.29 is 14.1 Å². The van der Waals surface area contributed by atoms with E-state index in [2.05, 4.69) is 17.4 Å². The van der Waals surface area contributed by atoms with Crippen molar-refractivity contribution in [3.05, 3.63) is 41.1 Å². The second-order valence-corrected chi connectivity index (χ2v) is 5.93. The second kappa shape index (κ2) is 6.22. The summed E-state index contributed by atoms with van der Waals surface area (Å²) in [5, 5.41) is 6.80. The first-order valence-corrected chi connectivity index (χ1v) is 7.58. The van der Waals surface area contributed by atoms with Gasteiger partial charge in [0.2, 0.25) is 5.88 Å². The van der Waals surface area contributed by atoms with E-state index < -0.39 is 0 Å². The molecule has 1 aliphatic rings. The predicted octanol–water partition coefficient (Wildman–Crippen LogP) is 3.13. The van der Waals surface area contributed by atoms with Crippen molar-refractivity contribution in [2.24, 2.45) is 5.92 Å². The van der Waals surface area contributed by atoms with Gasteiger partial charge in [-0.05, 0) is 44.2 Å². The molecule has 0 aliphatic heterocycles. The summed E-state index contributed by atoms with van der Waals surface area (Å²) in [7, 11) is 0. The summed E-state index contributed by atoms with van der Waals surface area (Å²) < 4.78 is 10.7. The summed E-state index contributed by atoms with van der Waals surface area (Å²) in [5.74, 6) is 1.50. The fourth-order valence-electron chi connectivity index (χ4n) is 2.63. The summed E-state index contributed by atoms with van der Waals surface area (Å²) in [6.45, 7) is 4.15. The number of hydrogen-bond donors (Lipinski definition) is 1. The van der Waals surface area contributed by atoms with Gasteiger partial charge in [0.15, 0.2) is 6.61 Å². The van der Waals surface area contributed by atoms with Gasteiger partial charge in [-0.25, -0.2) is 0 Å². The van der Waals surface area contributed by atoms with E-state index in [0.29, 0.717) is 17.6 Å². The molecule has 0 radical (unpaired) electrons. The average Bonchev–Trinajstić information content (AvgIpc) is 2.89. The SMILES string of the molecule is Cc1ccc(OCC(=O)Nc2onc3c2C[C@H](C)CC3)cc1. The third-order valence-electron chi connectivity index (χ3n) is 3.94. The van der Waals surface area contributed by atoms with Gasteiger partial charge in [0.25, 0.3) is 5.91 Å². The summed E-state index contributed by atoms with van der Waals surface area (Å²) in [5.41, 5.74) is 3.15. The minimum absolute atomic E-state index is 0.0475. The van der Waals surface area contributed by atoms with Crippen molar-refractivity contribution in [3.8, 4) is 5.75 Å². The van der Waals surface area contributed by atoms with Crippen LogP contribution in [0.3, 0.4) is 0 Å². The maximum absolute atomic E-state index is 12.0. The quantitative estimate of drug-likeness (QED) is 0.942. The lowest BCUT2D eigenvalue weighted by molar-refractivity contribution is -0.118. The summed E-state index contributed by atoms with van der Waals surface area (Å²) in [6.07, 6.45) is 2.92. The smallest absolute Gasteiger partial charge is 0.264 e. The molecule has 0 bridgehead atoms. The maximum atomic E-state index is 12.0. The molecule has 0 spiro atoms. The number of aromatic nitrogens is 1. The molecule has 1 heterocycles. The third kappa shape index (κ3) is 3.30. The van der Waals surface area contributed by atoms with Crippen LogP contribution in [0.25, 0.3) is 0 Å². The molecule has 0 fully saturated rings. The number of anilines is 1. The molecule has 1 aromatic heterocycles. The van der Waals surface area contributed by atoms with E-state index in [9.17, 15) is 4.79 Å². The number of nitrogens with one attached hydrogen (secondary N) is 1. The molecular formula is C17H20N2O3. The van der Waals surface area contributed by atoms with Crippen LogP contribution < -0.4 is 10.1 Å². The Morgan fingerprint density at radius 2 is 2.18 bits per heavy atom. The van der Waals surface area contributed by atoms with E-state index in [0.717, 1.165) is 36.1 Å². The highest BCUT2D eigenvalue weighted by Gasteiger charge is 2.24. The molecule has 2 aromatic rings. The molecular weight excluding hydrogens is 280 g/mol. The fourth-order valence-corrected chi connectivity index (χ4v) is 2.63. The van der Waals surface area contributed by atoms with E-state index in [-0.39, 0.29) is 12.5 Å². The topological polar surface area (TPSA) is 64.4 Å². The zero-order valence-electron chi connectivity index (χ0n) is 12.9. The van der Waals surface area contributed by atoms with E-state index in [1.807, 2.05) is 31.2 Å². The van der Waals surface area contributed by atoms with Gasteiger partial charge in [0.1, 0.15) is 5.75 Å². The molecule has 1 aromatic carbocycles. The van der Waals surface area contributed by atoms with E-state index >= 15 is 0 Å². The van der Waals surface area contributed by atoms with Crippen molar-refractivity contribution in [1.29, 1.82) is 0 Å². The van der Waals surface area contributed by atoms with Gasteiger partial charge in [0.05, 0.1) is 5.69 Å². The highest BCUT2D eigenvalue weighted by Crippen LogP contribution is 2.30. The number of rotatable bonds is 4. The largest absolute Gasteiger partial charge is 0.484 e. The highest BCUT2D eigenvalue weighted by atomic mass is 16.5. The zero-order valence-corrected chi connectivity index (χ0v) is 12.9. The zero-order chi connectivity index (χ0) is 15.5. The molecule has 1 amide bonds. The van der Waals surface area contributed by atoms with Gasteiger partial charge < -0.3 is 9.26 Å². The average molecular weight is 300 g/mol. The summed E-state index contributed by atoms with van der Waals surface area (Å²) in [4.78, 5) is 12.0. The molecule has 1 N–H and O–H groups in total. The minimum Gasteiger partial charge on any atom is -0.484 e. The van der Waals surface area contributed by atoms with Crippen LogP contribution in [0.4, 0.5) is 5.88 Å². The molecule has 0 saturated carbocycles. The fraction of sp³-hybridized carbons (Fsp3) is 0.412. The van der Waals surface area contributed by atoms with Crippen LogP contribution in [0.2, 0.25) is 0 Å². The Hall–Kier alpha value is -2.30. The maximum Gasteiger partial charge on any atom is 0.264 e. The molecule has 1 atom stereocenters. The van der Waals surface area contributed by atoms with Gasteiger partial charge in [-0.2, -0.15) is 0 Å². The van der Waals surface area contributed by atoms with E-state index in [1.165, 1.54) is 0 Å². The van der Waals surface area contributed by atoms with Crippen LogP contribution in [-0.2, 0) is 17.6 Å². The first-order valence-electron chi connectivity index (χ1n) is 7.58. The van der Waals surface area contributed by atoms with Gasteiger partial charge in [0, 0.05) is 5.56 Å².